The van der Waals surface area contributed by atoms with Gasteiger partial charge < -0.3 is 10.8 Å². The van der Waals surface area contributed by atoms with Crippen LogP contribution in [0.4, 0.5) is 0 Å². The molecule has 0 spiro atoms. The van der Waals surface area contributed by atoms with Gasteiger partial charge in [0.2, 0.25) is 0 Å². The summed E-state index contributed by atoms with van der Waals surface area (Å²) in [5.41, 5.74) is 6.99. The van der Waals surface area contributed by atoms with Gasteiger partial charge >= 0.3 is 0 Å². The van der Waals surface area contributed by atoms with Crippen molar-refractivity contribution in [2.45, 2.75) is 44.2 Å². The van der Waals surface area contributed by atoms with Gasteiger partial charge in [0.1, 0.15) is 5.60 Å². The number of aliphatic hydroxyl groups is 1. The van der Waals surface area contributed by atoms with Crippen molar-refractivity contribution >= 4 is 0 Å². The first-order valence-corrected chi connectivity index (χ1v) is 5.51. The van der Waals surface area contributed by atoms with Gasteiger partial charge in [0.15, 0.2) is 0 Å². The lowest BCUT2D eigenvalue weighted by atomic mass is 9.80. The van der Waals surface area contributed by atoms with E-state index >= 15 is 0 Å². The third-order valence-corrected chi connectivity index (χ3v) is 3.25. The van der Waals surface area contributed by atoms with Gasteiger partial charge in [0.05, 0.1) is 5.69 Å². The molecule has 82 valence electrons. The fourth-order valence-electron chi connectivity index (χ4n) is 2.12. The van der Waals surface area contributed by atoms with Gasteiger partial charge in [-0.25, -0.2) is 0 Å². The highest BCUT2D eigenvalue weighted by Crippen LogP contribution is 2.35. The molecule has 0 bridgehead atoms. The van der Waals surface area contributed by atoms with E-state index in [4.69, 9.17) is 5.73 Å². The Balaban J connectivity index is 2.18. The molecule has 2 rings (SSSR count). The van der Waals surface area contributed by atoms with Crippen LogP contribution in [0, 0.1) is 6.92 Å². The third kappa shape index (κ3) is 2.19. The lowest BCUT2D eigenvalue weighted by molar-refractivity contribution is -0.00888. The molecule has 0 atom stereocenters. The van der Waals surface area contributed by atoms with Gasteiger partial charge in [-0.1, -0.05) is 6.07 Å². The van der Waals surface area contributed by atoms with Crippen LogP contribution in [0.5, 0.6) is 0 Å². The van der Waals surface area contributed by atoms with Crippen molar-refractivity contribution in [2.75, 3.05) is 0 Å². The van der Waals surface area contributed by atoms with Crippen LogP contribution in [-0.4, -0.2) is 16.1 Å². The molecule has 3 heteroatoms. The van der Waals surface area contributed by atoms with Crippen LogP contribution in [0.2, 0.25) is 0 Å². The van der Waals surface area contributed by atoms with Crippen molar-refractivity contribution in [1.82, 2.24) is 4.98 Å². The second-order valence-electron chi connectivity index (χ2n) is 4.59. The Morgan fingerprint density at radius 1 is 1.40 bits per heavy atom. The molecule has 0 saturated heterocycles. The Morgan fingerprint density at radius 3 is 2.60 bits per heavy atom. The Labute approximate surface area is 90.3 Å². The van der Waals surface area contributed by atoms with E-state index in [1.165, 1.54) is 0 Å². The number of aryl methyl sites for hydroxylation is 1. The van der Waals surface area contributed by atoms with Crippen molar-refractivity contribution in [3.63, 3.8) is 0 Å². The summed E-state index contributed by atoms with van der Waals surface area (Å²) in [6, 6.07) is 4.16. The summed E-state index contributed by atoms with van der Waals surface area (Å²) in [7, 11) is 0. The zero-order valence-electron chi connectivity index (χ0n) is 9.11. The zero-order chi connectivity index (χ0) is 10.9. The summed E-state index contributed by atoms with van der Waals surface area (Å²) < 4.78 is 0. The van der Waals surface area contributed by atoms with Gasteiger partial charge in [-0.15, -0.1) is 0 Å². The Morgan fingerprint density at radius 2 is 2.07 bits per heavy atom. The summed E-state index contributed by atoms with van der Waals surface area (Å²) in [4.78, 5) is 4.31. The maximum atomic E-state index is 10.4. The molecule has 1 saturated carbocycles. The third-order valence-electron chi connectivity index (χ3n) is 3.25. The SMILES string of the molecule is Cc1ccc(C2(O)CCC(N)CC2)nc1. The van der Waals surface area contributed by atoms with Crippen LogP contribution in [0.1, 0.15) is 36.9 Å². The maximum absolute atomic E-state index is 10.4. The van der Waals surface area contributed by atoms with E-state index in [-0.39, 0.29) is 6.04 Å². The van der Waals surface area contributed by atoms with Crippen molar-refractivity contribution < 1.29 is 5.11 Å². The normalized spacial score (nSPS) is 31.5. The number of aromatic nitrogens is 1. The van der Waals surface area contributed by atoms with Gasteiger partial charge in [-0.3, -0.25) is 4.98 Å². The van der Waals surface area contributed by atoms with Crippen molar-refractivity contribution in [1.29, 1.82) is 0 Å². The number of pyridine rings is 1. The summed E-state index contributed by atoms with van der Waals surface area (Å²) in [5, 5.41) is 10.4. The molecule has 1 fully saturated rings. The molecule has 1 heterocycles. The molecule has 15 heavy (non-hydrogen) atoms. The van der Waals surface area contributed by atoms with Crippen molar-refractivity contribution in [3.8, 4) is 0 Å². The molecule has 0 unspecified atom stereocenters. The molecule has 1 aliphatic carbocycles. The van der Waals surface area contributed by atoms with Gasteiger partial charge in [-0.05, 0) is 44.2 Å². The Hall–Kier alpha value is -0.930. The highest BCUT2D eigenvalue weighted by Gasteiger charge is 2.34. The fraction of sp³-hybridized carbons (Fsp3) is 0.583. The number of nitrogens with two attached hydrogens (primary N) is 1. The van der Waals surface area contributed by atoms with Gasteiger partial charge in [-0.2, -0.15) is 0 Å². The van der Waals surface area contributed by atoms with Crippen molar-refractivity contribution in [3.05, 3.63) is 29.6 Å². The largest absolute Gasteiger partial charge is 0.384 e. The summed E-state index contributed by atoms with van der Waals surface area (Å²) in [6.07, 6.45) is 5.02. The smallest absolute Gasteiger partial charge is 0.107 e. The van der Waals surface area contributed by atoms with Crippen LogP contribution in [0.25, 0.3) is 0 Å². The summed E-state index contributed by atoms with van der Waals surface area (Å²) in [6.45, 7) is 2.00. The topological polar surface area (TPSA) is 59.1 Å². The van der Waals surface area contributed by atoms with Crippen LogP contribution >= 0.6 is 0 Å². The van der Waals surface area contributed by atoms with E-state index in [1.807, 2.05) is 25.3 Å². The Bertz CT molecular complexity index is 326. The second kappa shape index (κ2) is 3.91. The first kappa shape index (κ1) is 10.6. The predicted molar refractivity (Wildman–Crippen MR) is 59.3 cm³/mol. The molecule has 0 aromatic carbocycles. The van der Waals surface area contributed by atoms with Crippen LogP contribution in [-0.2, 0) is 5.60 Å². The van der Waals surface area contributed by atoms with E-state index in [2.05, 4.69) is 4.98 Å². The number of rotatable bonds is 1. The minimum Gasteiger partial charge on any atom is -0.384 e. The Kier molecular flexibility index (Phi) is 2.76. The van der Waals surface area contributed by atoms with Crippen LogP contribution in [0.15, 0.2) is 18.3 Å². The molecular weight excluding hydrogens is 188 g/mol. The molecular formula is C12H18N2O. The molecule has 0 amide bonds. The average Bonchev–Trinajstić information content (AvgIpc) is 2.24. The maximum Gasteiger partial charge on any atom is 0.107 e. The summed E-state index contributed by atoms with van der Waals surface area (Å²) in [5.74, 6) is 0. The van der Waals surface area contributed by atoms with E-state index < -0.39 is 5.60 Å². The van der Waals surface area contributed by atoms with E-state index in [0.29, 0.717) is 0 Å². The molecule has 3 nitrogen and oxygen atoms in total. The monoisotopic (exact) mass is 206 g/mol. The fourth-order valence-corrected chi connectivity index (χ4v) is 2.12. The molecule has 1 aliphatic rings. The van der Waals surface area contributed by atoms with Crippen LogP contribution < -0.4 is 5.73 Å². The quantitative estimate of drug-likeness (QED) is 0.731. The second-order valence-corrected chi connectivity index (χ2v) is 4.59. The minimum absolute atomic E-state index is 0.246. The highest BCUT2D eigenvalue weighted by atomic mass is 16.3. The van der Waals surface area contributed by atoms with Crippen molar-refractivity contribution in [2.24, 2.45) is 5.73 Å². The van der Waals surface area contributed by atoms with E-state index in [1.54, 1.807) is 0 Å². The van der Waals surface area contributed by atoms with E-state index in [9.17, 15) is 5.11 Å². The standard InChI is InChI=1S/C12H18N2O/c1-9-2-3-11(14-8-9)12(15)6-4-10(13)5-7-12/h2-3,8,10,15H,4-7,13H2,1H3. The van der Waals surface area contributed by atoms with E-state index in [0.717, 1.165) is 36.9 Å². The van der Waals surface area contributed by atoms with Gasteiger partial charge in [0.25, 0.3) is 0 Å². The molecule has 0 aliphatic heterocycles. The molecule has 1 aromatic rings. The molecule has 3 N–H and O–H groups in total. The lowest BCUT2D eigenvalue weighted by Gasteiger charge is -2.34. The number of nitrogens with zero attached hydrogens (tertiary/aromatic N) is 1. The zero-order valence-corrected chi connectivity index (χ0v) is 9.11. The van der Waals surface area contributed by atoms with Crippen LogP contribution in [0.3, 0.4) is 0 Å². The average molecular weight is 206 g/mol. The first-order chi connectivity index (χ1) is 7.10. The number of hydrogen-bond acceptors (Lipinski definition) is 3. The highest BCUT2D eigenvalue weighted by molar-refractivity contribution is 5.18. The molecule has 0 radical (unpaired) electrons. The van der Waals surface area contributed by atoms with Gasteiger partial charge in [0, 0.05) is 12.2 Å². The minimum atomic E-state index is -0.746. The molecule has 1 aromatic heterocycles. The predicted octanol–water partition coefficient (Wildman–Crippen LogP) is 1.48. The first-order valence-electron chi connectivity index (χ1n) is 5.51. The lowest BCUT2D eigenvalue weighted by Crippen LogP contribution is -2.37. The summed E-state index contributed by atoms with van der Waals surface area (Å²) >= 11 is 0. The number of hydrogen-bond donors (Lipinski definition) is 2.